The van der Waals surface area contributed by atoms with E-state index in [0.717, 1.165) is 13.1 Å². The molecule has 1 aromatic heterocycles. The summed E-state index contributed by atoms with van der Waals surface area (Å²) in [5.74, 6) is 1.21. The number of aryl methyl sites for hydroxylation is 1. The van der Waals surface area contributed by atoms with Crippen molar-refractivity contribution in [2.75, 3.05) is 31.1 Å². The lowest BCUT2D eigenvalue weighted by molar-refractivity contribution is -0.384. The fourth-order valence-corrected chi connectivity index (χ4v) is 3.65. The summed E-state index contributed by atoms with van der Waals surface area (Å²) in [6, 6.07) is 2.68. The van der Waals surface area contributed by atoms with Crippen LogP contribution in [0.5, 0.6) is 0 Å². The largest absolute Gasteiger partial charge is 0.367 e. The van der Waals surface area contributed by atoms with Gasteiger partial charge in [-0.3, -0.25) is 15.0 Å². The van der Waals surface area contributed by atoms with E-state index in [1.807, 2.05) is 11.8 Å². The van der Waals surface area contributed by atoms with Gasteiger partial charge < -0.3 is 9.42 Å². The number of nitrogens with zero attached hydrogens (tertiary/aromatic N) is 5. The molecule has 8 nitrogen and oxygen atoms in total. The molecule has 10 heteroatoms. The lowest BCUT2D eigenvalue weighted by Gasteiger charge is -2.38. The van der Waals surface area contributed by atoms with Gasteiger partial charge in [0.15, 0.2) is 5.82 Å². The molecule has 1 aromatic carbocycles. The van der Waals surface area contributed by atoms with Gasteiger partial charge in [-0.15, -0.1) is 0 Å². The SMILES string of the molecule is Cc1noc(C(C)N2CCN(c3c(Cl)cc([N+](=O)[O-])cc3Cl)CC2)n1. The Balaban J connectivity index is 1.71. The number of benzene rings is 1. The van der Waals surface area contributed by atoms with E-state index in [2.05, 4.69) is 15.0 Å². The maximum absolute atomic E-state index is 10.9. The van der Waals surface area contributed by atoms with Gasteiger partial charge in [0, 0.05) is 38.3 Å². The van der Waals surface area contributed by atoms with E-state index in [-0.39, 0.29) is 21.8 Å². The van der Waals surface area contributed by atoms with Gasteiger partial charge in [-0.05, 0) is 13.8 Å². The second kappa shape index (κ2) is 7.15. The highest BCUT2D eigenvalue weighted by Gasteiger charge is 2.28. The van der Waals surface area contributed by atoms with E-state index in [4.69, 9.17) is 27.7 Å². The summed E-state index contributed by atoms with van der Waals surface area (Å²) in [5.41, 5.74) is 0.521. The van der Waals surface area contributed by atoms with Crippen LogP contribution in [0.15, 0.2) is 16.7 Å². The standard InChI is InChI=1S/C15H17Cl2N5O3/c1-9(15-18-10(2)19-25-15)20-3-5-21(6-4-20)14-12(16)7-11(22(23)24)8-13(14)17/h7-9H,3-6H2,1-2H3. The Morgan fingerprint density at radius 3 is 2.32 bits per heavy atom. The number of hydrogen-bond acceptors (Lipinski definition) is 7. The van der Waals surface area contributed by atoms with Crippen molar-refractivity contribution in [2.45, 2.75) is 19.9 Å². The molecule has 134 valence electrons. The van der Waals surface area contributed by atoms with Crippen molar-refractivity contribution in [3.8, 4) is 0 Å². The van der Waals surface area contributed by atoms with Crippen LogP contribution in [-0.2, 0) is 0 Å². The first-order chi connectivity index (χ1) is 11.9. The fourth-order valence-electron chi connectivity index (χ4n) is 2.93. The maximum atomic E-state index is 10.9. The number of aromatic nitrogens is 2. The van der Waals surface area contributed by atoms with Crippen LogP contribution in [-0.4, -0.2) is 46.1 Å². The number of rotatable bonds is 4. The third-order valence-corrected chi connectivity index (χ3v) is 4.87. The molecule has 25 heavy (non-hydrogen) atoms. The van der Waals surface area contributed by atoms with Gasteiger partial charge >= 0.3 is 0 Å². The predicted octanol–water partition coefficient (Wildman–Crippen LogP) is 3.48. The first kappa shape index (κ1) is 17.9. The van der Waals surface area contributed by atoms with Crippen molar-refractivity contribution >= 4 is 34.6 Å². The number of non-ortho nitro benzene ring substituents is 1. The quantitative estimate of drug-likeness (QED) is 0.587. The molecule has 1 saturated heterocycles. The molecular weight excluding hydrogens is 369 g/mol. The number of anilines is 1. The Morgan fingerprint density at radius 2 is 1.84 bits per heavy atom. The summed E-state index contributed by atoms with van der Waals surface area (Å²) in [7, 11) is 0. The van der Waals surface area contributed by atoms with E-state index >= 15 is 0 Å². The fraction of sp³-hybridized carbons (Fsp3) is 0.467. The molecule has 1 fully saturated rings. The third kappa shape index (κ3) is 3.70. The van der Waals surface area contributed by atoms with Crippen LogP contribution in [0.1, 0.15) is 24.7 Å². The summed E-state index contributed by atoms with van der Waals surface area (Å²) < 4.78 is 5.24. The summed E-state index contributed by atoms with van der Waals surface area (Å²) in [6.45, 7) is 6.70. The van der Waals surface area contributed by atoms with E-state index < -0.39 is 4.92 Å². The molecule has 0 amide bonds. The van der Waals surface area contributed by atoms with E-state index in [1.54, 1.807) is 6.92 Å². The number of nitro groups is 1. The van der Waals surface area contributed by atoms with E-state index in [9.17, 15) is 10.1 Å². The average molecular weight is 386 g/mol. The van der Waals surface area contributed by atoms with Crippen molar-refractivity contribution in [3.63, 3.8) is 0 Å². The molecule has 2 aromatic rings. The van der Waals surface area contributed by atoms with Gasteiger partial charge in [0.05, 0.1) is 26.7 Å². The van der Waals surface area contributed by atoms with Gasteiger partial charge in [-0.2, -0.15) is 4.98 Å². The average Bonchev–Trinajstić information content (AvgIpc) is 3.00. The number of nitro benzene ring substituents is 1. The molecule has 0 bridgehead atoms. The Kier molecular flexibility index (Phi) is 5.12. The highest BCUT2D eigenvalue weighted by Crippen LogP contribution is 2.38. The Bertz CT molecular complexity index is 766. The molecule has 0 N–H and O–H groups in total. The Morgan fingerprint density at radius 1 is 1.24 bits per heavy atom. The molecule has 0 spiro atoms. The minimum absolute atomic E-state index is 0.0196. The number of halogens is 2. The van der Waals surface area contributed by atoms with Crippen LogP contribution < -0.4 is 4.90 Å². The molecular formula is C15H17Cl2N5O3. The highest BCUT2D eigenvalue weighted by molar-refractivity contribution is 6.39. The zero-order chi connectivity index (χ0) is 18.1. The summed E-state index contributed by atoms with van der Waals surface area (Å²) in [5, 5.41) is 15.3. The summed E-state index contributed by atoms with van der Waals surface area (Å²) >= 11 is 12.5. The lowest BCUT2D eigenvalue weighted by atomic mass is 10.2. The van der Waals surface area contributed by atoms with Crippen LogP contribution in [0, 0.1) is 17.0 Å². The summed E-state index contributed by atoms with van der Waals surface area (Å²) in [6.07, 6.45) is 0. The normalized spacial score (nSPS) is 16.9. The number of hydrogen-bond donors (Lipinski definition) is 0. The van der Waals surface area contributed by atoms with Gasteiger partial charge in [-0.25, -0.2) is 0 Å². The second-order valence-corrected chi connectivity index (χ2v) is 6.71. The molecule has 1 atom stereocenters. The minimum Gasteiger partial charge on any atom is -0.367 e. The molecule has 0 aliphatic carbocycles. The monoisotopic (exact) mass is 385 g/mol. The highest BCUT2D eigenvalue weighted by atomic mass is 35.5. The summed E-state index contributed by atoms with van der Waals surface area (Å²) in [4.78, 5) is 18.9. The zero-order valence-electron chi connectivity index (χ0n) is 13.8. The topological polar surface area (TPSA) is 88.5 Å². The number of piperazine rings is 1. The molecule has 3 rings (SSSR count). The molecule has 1 aliphatic rings. The maximum Gasteiger partial charge on any atom is 0.272 e. The molecule has 2 heterocycles. The first-order valence-corrected chi connectivity index (χ1v) is 8.55. The molecule has 0 radical (unpaired) electrons. The van der Waals surface area contributed by atoms with Gasteiger partial charge in [0.2, 0.25) is 5.89 Å². The van der Waals surface area contributed by atoms with Crippen molar-refractivity contribution in [3.05, 3.63) is 44.0 Å². The van der Waals surface area contributed by atoms with Crippen LogP contribution >= 0.6 is 23.2 Å². The first-order valence-electron chi connectivity index (χ1n) is 7.79. The van der Waals surface area contributed by atoms with Gasteiger partial charge in [0.1, 0.15) is 0 Å². The molecule has 1 unspecified atom stereocenters. The van der Waals surface area contributed by atoms with Crippen molar-refractivity contribution < 1.29 is 9.45 Å². The second-order valence-electron chi connectivity index (χ2n) is 5.89. The van der Waals surface area contributed by atoms with Crippen LogP contribution in [0.25, 0.3) is 0 Å². The van der Waals surface area contributed by atoms with Gasteiger partial charge in [-0.1, -0.05) is 28.4 Å². The lowest BCUT2D eigenvalue weighted by Crippen LogP contribution is -2.47. The molecule has 0 saturated carbocycles. The smallest absolute Gasteiger partial charge is 0.272 e. The Hall–Kier alpha value is -1.90. The zero-order valence-corrected chi connectivity index (χ0v) is 15.3. The van der Waals surface area contributed by atoms with Crippen LogP contribution in [0.3, 0.4) is 0 Å². The van der Waals surface area contributed by atoms with Gasteiger partial charge in [0.25, 0.3) is 5.69 Å². The minimum atomic E-state index is -0.506. The van der Waals surface area contributed by atoms with E-state index in [1.165, 1.54) is 12.1 Å². The third-order valence-electron chi connectivity index (χ3n) is 4.29. The Labute approximate surface area is 154 Å². The molecule has 1 aliphatic heterocycles. The van der Waals surface area contributed by atoms with E-state index in [0.29, 0.717) is 30.5 Å². The van der Waals surface area contributed by atoms with Crippen LogP contribution in [0.4, 0.5) is 11.4 Å². The van der Waals surface area contributed by atoms with Crippen molar-refractivity contribution in [1.82, 2.24) is 15.0 Å². The predicted molar refractivity (Wildman–Crippen MR) is 94.4 cm³/mol. The van der Waals surface area contributed by atoms with Crippen molar-refractivity contribution in [2.24, 2.45) is 0 Å². The van der Waals surface area contributed by atoms with Crippen molar-refractivity contribution in [1.29, 1.82) is 0 Å². The van der Waals surface area contributed by atoms with Crippen LogP contribution in [0.2, 0.25) is 10.0 Å².